The van der Waals surface area contributed by atoms with Crippen molar-refractivity contribution in [2.75, 3.05) is 0 Å². The third kappa shape index (κ3) is 1.67. The third-order valence-corrected chi connectivity index (χ3v) is 3.22. The van der Waals surface area contributed by atoms with Crippen molar-refractivity contribution in [2.45, 2.75) is 13.8 Å². The number of benzene rings is 1. The lowest BCUT2D eigenvalue weighted by Crippen LogP contribution is -2.01. The molecule has 0 atom stereocenters. The van der Waals surface area contributed by atoms with E-state index in [1.165, 1.54) is 6.07 Å². The Morgan fingerprint density at radius 2 is 1.88 bits per heavy atom. The van der Waals surface area contributed by atoms with Crippen molar-refractivity contribution in [1.82, 2.24) is 9.97 Å². The van der Waals surface area contributed by atoms with E-state index in [4.69, 9.17) is 5.11 Å². The number of hydrogen-bond acceptors (Lipinski definition) is 3. The fraction of sp³-hybridized carbons (Fsp3) is 0.182. The zero-order chi connectivity index (χ0) is 11.9. The number of hydrogen-bond donors (Lipinski definition) is 1. The minimum Gasteiger partial charge on any atom is -0.478 e. The van der Waals surface area contributed by atoms with Crippen molar-refractivity contribution in [3.05, 3.63) is 33.6 Å². The van der Waals surface area contributed by atoms with Crippen molar-refractivity contribution in [2.24, 2.45) is 0 Å². The number of carboxylic acids is 1. The molecule has 2 aromatic rings. The minimum atomic E-state index is -0.978. The van der Waals surface area contributed by atoms with Gasteiger partial charge < -0.3 is 5.11 Å². The average Bonchev–Trinajstić information content (AvgIpc) is 2.21. The van der Waals surface area contributed by atoms with E-state index in [0.29, 0.717) is 15.5 Å². The number of carboxylic acid groups (broad SMARTS) is 1. The molecule has 0 amide bonds. The maximum Gasteiger partial charge on any atom is 0.336 e. The molecule has 0 bridgehead atoms. The Bertz CT molecular complexity index is 596. The second kappa shape index (κ2) is 3.83. The van der Waals surface area contributed by atoms with E-state index < -0.39 is 5.97 Å². The summed E-state index contributed by atoms with van der Waals surface area (Å²) >= 11 is 3.26. The highest BCUT2D eigenvalue weighted by atomic mass is 79.9. The topological polar surface area (TPSA) is 63.1 Å². The summed E-state index contributed by atoms with van der Waals surface area (Å²) in [5.74, 6) is -0.978. The second-order valence-electron chi connectivity index (χ2n) is 3.49. The van der Waals surface area contributed by atoms with Crippen LogP contribution in [0.5, 0.6) is 0 Å². The van der Waals surface area contributed by atoms with Gasteiger partial charge in [0.05, 0.1) is 26.9 Å². The molecule has 0 radical (unpaired) electrons. The van der Waals surface area contributed by atoms with Gasteiger partial charge in [0.25, 0.3) is 0 Å². The minimum absolute atomic E-state index is 0.199. The van der Waals surface area contributed by atoms with E-state index in [2.05, 4.69) is 25.9 Å². The van der Waals surface area contributed by atoms with Crippen LogP contribution < -0.4 is 0 Å². The van der Waals surface area contributed by atoms with Gasteiger partial charge in [0.1, 0.15) is 5.52 Å². The molecule has 0 aliphatic heterocycles. The average molecular weight is 281 g/mol. The van der Waals surface area contributed by atoms with Crippen LogP contribution in [0.15, 0.2) is 16.6 Å². The van der Waals surface area contributed by atoms with Crippen LogP contribution in [0.1, 0.15) is 21.7 Å². The smallest absolute Gasteiger partial charge is 0.336 e. The maximum absolute atomic E-state index is 10.9. The van der Waals surface area contributed by atoms with Crippen LogP contribution in [0, 0.1) is 13.8 Å². The molecule has 16 heavy (non-hydrogen) atoms. The number of aromatic nitrogens is 2. The van der Waals surface area contributed by atoms with Crippen LogP contribution in [0.25, 0.3) is 11.0 Å². The molecule has 2 rings (SSSR count). The number of rotatable bonds is 1. The summed E-state index contributed by atoms with van der Waals surface area (Å²) in [4.78, 5) is 19.6. The Kier molecular flexibility index (Phi) is 2.63. The van der Waals surface area contributed by atoms with Crippen molar-refractivity contribution < 1.29 is 9.90 Å². The normalized spacial score (nSPS) is 10.7. The standard InChI is InChI=1S/C11H9BrN2O2/c1-5-6(2)14-10-8(13-5)4-3-7(9(10)12)11(15)16/h3-4H,1-2H3,(H,15,16). The van der Waals surface area contributed by atoms with E-state index in [-0.39, 0.29) is 5.56 Å². The molecule has 0 saturated carbocycles. The fourth-order valence-electron chi connectivity index (χ4n) is 1.43. The highest BCUT2D eigenvalue weighted by Gasteiger charge is 2.13. The first-order valence-electron chi connectivity index (χ1n) is 4.67. The van der Waals surface area contributed by atoms with E-state index >= 15 is 0 Å². The van der Waals surface area contributed by atoms with Gasteiger partial charge in [-0.1, -0.05) is 0 Å². The number of aromatic carboxylic acids is 1. The second-order valence-corrected chi connectivity index (χ2v) is 4.29. The lowest BCUT2D eigenvalue weighted by atomic mass is 10.2. The van der Waals surface area contributed by atoms with E-state index in [1.54, 1.807) is 6.07 Å². The highest BCUT2D eigenvalue weighted by Crippen LogP contribution is 2.26. The summed E-state index contributed by atoms with van der Waals surface area (Å²) in [5.41, 5.74) is 3.13. The van der Waals surface area contributed by atoms with Gasteiger partial charge in [0, 0.05) is 0 Å². The highest BCUT2D eigenvalue weighted by molar-refractivity contribution is 9.10. The molecule has 0 aliphatic rings. The molecule has 1 N–H and O–H groups in total. The van der Waals surface area contributed by atoms with E-state index in [9.17, 15) is 4.79 Å². The zero-order valence-electron chi connectivity index (χ0n) is 8.78. The monoisotopic (exact) mass is 280 g/mol. The summed E-state index contributed by atoms with van der Waals surface area (Å²) in [7, 11) is 0. The molecule has 1 heterocycles. The predicted molar refractivity (Wildman–Crippen MR) is 63.7 cm³/mol. The summed E-state index contributed by atoms with van der Waals surface area (Å²) in [6.07, 6.45) is 0. The number of halogens is 1. The van der Waals surface area contributed by atoms with E-state index in [0.717, 1.165) is 11.4 Å². The van der Waals surface area contributed by atoms with Gasteiger partial charge in [-0.2, -0.15) is 0 Å². The number of aryl methyl sites for hydroxylation is 2. The first kappa shape index (κ1) is 11.0. The fourth-order valence-corrected chi connectivity index (χ4v) is 2.02. The van der Waals surface area contributed by atoms with Gasteiger partial charge in [0.2, 0.25) is 0 Å². The lowest BCUT2D eigenvalue weighted by molar-refractivity contribution is 0.0696. The van der Waals surface area contributed by atoms with Crippen LogP contribution >= 0.6 is 15.9 Å². The van der Waals surface area contributed by atoms with Crippen molar-refractivity contribution in [3.63, 3.8) is 0 Å². The largest absolute Gasteiger partial charge is 0.478 e. The van der Waals surface area contributed by atoms with Crippen molar-refractivity contribution >= 4 is 32.9 Å². The van der Waals surface area contributed by atoms with Crippen molar-refractivity contribution in [1.29, 1.82) is 0 Å². The van der Waals surface area contributed by atoms with Gasteiger partial charge in [-0.15, -0.1) is 0 Å². The van der Waals surface area contributed by atoms with Gasteiger partial charge in [0.15, 0.2) is 0 Å². The first-order chi connectivity index (χ1) is 7.50. The van der Waals surface area contributed by atoms with Gasteiger partial charge in [-0.3, -0.25) is 0 Å². The Balaban J connectivity index is 2.84. The van der Waals surface area contributed by atoms with Gasteiger partial charge in [-0.25, -0.2) is 14.8 Å². The molecule has 5 heteroatoms. The molecule has 0 unspecified atom stereocenters. The van der Waals surface area contributed by atoms with Crippen molar-refractivity contribution in [3.8, 4) is 0 Å². The zero-order valence-corrected chi connectivity index (χ0v) is 10.4. The maximum atomic E-state index is 10.9. The van der Waals surface area contributed by atoms with Crippen LogP contribution in [0.2, 0.25) is 0 Å². The van der Waals surface area contributed by atoms with E-state index in [1.807, 2.05) is 13.8 Å². The van der Waals surface area contributed by atoms with Crippen LogP contribution in [-0.4, -0.2) is 21.0 Å². The molecular weight excluding hydrogens is 272 g/mol. The Labute approximate surface area is 100 Å². The molecule has 4 nitrogen and oxygen atoms in total. The van der Waals surface area contributed by atoms with Gasteiger partial charge >= 0.3 is 5.97 Å². The third-order valence-electron chi connectivity index (χ3n) is 2.42. The first-order valence-corrected chi connectivity index (χ1v) is 5.46. The molecular formula is C11H9BrN2O2. The summed E-state index contributed by atoms with van der Waals surface area (Å²) in [6.45, 7) is 3.72. The molecule has 0 aliphatic carbocycles. The number of nitrogens with zero attached hydrogens (tertiary/aromatic N) is 2. The number of fused-ring (bicyclic) bond motifs is 1. The van der Waals surface area contributed by atoms with Gasteiger partial charge in [-0.05, 0) is 41.9 Å². The molecule has 1 aromatic heterocycles. The summed E-state index contributed by atoms with van der Waals surface area (Å²) in [6, 6.07) is 3.20. The molecule has 0 saturated heterocycles. The Morgan fingerprint density at radius 3 is 2.50 bits per heavy atom. The molecule has 82 valence electrons. The Morgan fingerprint density at radius 1 is 1.25 bits per heavy atom. The van der Waals surface area contributed by atoms with Crippen LogP contribution in [0.3, 0.4) is 0 Å². The quantitative estimate of drug-likeness (QED) is 0.872. The SMILES string of the molecule is Cc1nc2ccc(C(=O)O)c(Br)c2nc1C. The molecule has 0 fully saturated rings. The lowest BCUT2D eigenvalue weighted by Gasteiger charge is -2.06. The molecule has 1 aromatic carbocycles. The number of carbonyl (C=O) groups is 1. The van der Waals surface area contributed by atoms with Crippen LogP contribution in [-0.2, 0) is 0 Å². The summed E-state index contributed by atoms with van der Waals surface area (Å²) in [5, 5.41) is 8.97. The predicted octanol–water partition coefficient (Wildman–Crippen LogP) is 2.71. The van der Waals surface area contributed by atoms with Crippen LogP contribution in [0.4, 0.5) is 0 Å². The molecule has 0 spiro atoms. The Hall–Kier alpha value is -1.49. The summed E-state index contributed by atoms with van der Waals surface area (Å²) < 4.78 is 0.480.